The van der Waals surface area contributed by atoms with E-state index in [1.165, 1.54) is 11.0 Å². The summed E-state index contributed by atoms with van der Waals surface area (Å²) in [7, 11) is 0. The van der Waals surface area contributed by atoms with Crippen LogP contribution in [0.1, 0.15) is 36.5 Å². The quantitative estimate of drug-likeness (QED) is 0.203. The molecule has 0 bridgehead atoms. The van der Waals surface area contributed by atoms with E-state index in [1.807, 2.05) is 49.4 Å². The average molecular weight is 508 g/mol. The molecule has 0 aliphatic rings. The van der Waals surface area contributed by atoms with E-state index in [-0.39, 0.29) is 24.6 Å². The zero-order valence-corrected chi connectivity index (χ0v) is 21.0. The van der Waals surface area contributed by atoms with Gasteiger partial charge in [0.2, 0.25) is 11.8 Å². The lowest BCUT2D eigenvalue weighted by molar-refractivity contribution is -0.385. The maximum atomic E-state index is 13.7. The van der Waals surface area contributed by atoms with Crippen molar-refractivity contribution in [1.82, 2.24) is 10.2 Å². The van der Waals surface area contributed by atoms with Gasteiger partial charge in [0.1, 0.15) is 6.04 Å². The fraction of sp³-hybridized carbons (Fsp3) is 0.286. The number of unbranched alkanes of at least 4 members (excludes halogenated alkanes) is 1. The number of nitrogens with one attached hydrogen (secondary N) is 1. The number of amides is 2. The lowest BCUT2D eigenvalue weighted by Gasteiger charge is -2.32. The first-order valence-electron chi connectivity index (χ1n) is 12.0. The van der Waals surface area contributed by atoms with Gasteiger partial charge in [0.25, 0.3) is 5.69 Å². The topological polar surface area (TPSA) is 92.6 Å². The Morgan fingerprint density at radius 1 is 0.972 bits per heavy atom. The summed E-state index contributed by atoms with van der Waals surface area (Å²) in [6, 6.07) is 22.0. The Morgan fingerprint density at radius 2 is 1.61 bits per heavy atom. The highest BCUT2D eigenvalue weighted by Gasteiger charge is 2.31. The molecule has 0 aromatic heterocycles. The number of halogens is 1. The van der Waals surface area contributed by atoms with Crippen LogP contribution in [0, 0.1) is 10.1 Å². The Balaban J connectivity index is 2.00. The van der Waals surface area contributed by atoms with E-state index in [0.29, 0.717) is 29.1 Å². The molecule has 2 amide bonds. The third kappa shape index (κ3) is 7.39. The normalized spacial score (nSPS) is 11.5. The Hall–Kier alpha value is -3.71. The van der Waals surface area contributed by atoms with Crippen molar-refractivity contribution in [2.45, 2.75) is 45.2 Å². The van der Waals surface area contributed by atoms with Gasteiger partial charge in [0.15, 0.2) is 0 Å². The number of nitrogens with zero attached hydrogens (tertiary/aromatic N) is 2. The summed E-state index contributed by atoms with van der Waals surface area (Å²) in [5.74, 6) is -0.661. The van der Waals surface area contributed by atoms with Crippen LogP contribution < -0.4 is 5.32 Å². The molecule has 3 aromatic rings. The molecule has 1 N–H and O–H groups in total. The van der Waals surface area contributed by atoms with Crippen LogP contribution >= 0.6 is 11.6 Å². The monoisotopic (exact) mass is 507 g/mol. The molecule has 36 heavy (non-hydrogen) atoms. The second-order valence-corrected chi connectivity index (χ2v) is 8.93. The van der Waals surface area contributed by atoms with Gasteiger partial charge in [-0.2, -0.15) is 0 Å². The number of hydrogen-bond donors (Lipinski definition) is 1. The van der Waals surface area contributed by atoms with E-state index in [4.69, 9.17) is 11.6 Å². The molecule has 0 saturated carbocycles. The van der Waals surface area contributed by atoms with Gasteiger partial charge in [0, 0.05) is 36.2 Å². The standard InChI is InChI=1S/C28H30ClN3O4/c1-2-3-17-30-28(34)26(18-21-11-5-4-6-12-21)31(20-23-14-7-9-15-24(23)29)27(33)19-22-13-8-10-16-25(22)32(35)36/h4-16,26H,2-3,17-20H2,1H3,(H,30,34)/t26-/m0/s1. The van der Waals surface area contributed by atoms with Gasteiger partial charge in [-0.1, -0.05) is 91.7 Å². The van der Waals surface area contributed by atoms with Crippen LogP contribution in [0.25, 0.3) is 0 Å². The van der Waals surface area contributed by atoms with Crippen LogP contribution in [0.4, 0.5) is 5.69 Å². The molecule has 0 unspecified atom stereocenters. The summed E-state index contributed by atoms with van der Waals surface area (Å²) in [5.41, 5.74) is 1.75. The van der Waals surface area contributed by atoms with Crippen LogP contribution in [0.5, 0.6) is 0 Å². The third-order valence-electron chi connectivity index (χ3n) is 5.93. The smallest absolute Gasteiger partial charge is 0.273 e. The number of hydrogen-bond acceptors (Lipinski definition) is 4. The van der Waals surface area contributed by atoms with Crippen LogP contribution in [-0.2, 0) is 29.0 Å². The van der Waals surface area contributed by atoms with Gasteiger partial charge in [-0.05, 0) is 23.6 Å². The maximum Gasteiger partial charge on any atom is 0.273 e. The predicted molar refractivity (Wildman–Crippen MR) is 141 cm³/mol. The van der Waals surface area contributed by atoms with Crippen LogP contribution in [0.15, 0.2) is 78.9 Å². The molecule has 188 valence electrons. The number of rotatable bonds is 12. The zero-order chi connectivity index (χ0) is 25.9. The highest BCUT2D eigenvalue weighted by atomic mass is 35.5. The van der Waals surface area contributed by atoms with E-state index in [2.05, 4.69) is 5.32 Å². The molecule has 0 fully saturated rings. The number of carbonyl (C=O) groups excluding carboxylic acids is 2. The van der Waals surface area contributed by atoms with Gasteiger partial charge in [-0.25, -0.2) is 0 Å². The first kappa shape index (κ1) is 26.9. The van der Waals surface area contributed by atoms with Crippen LogP contribution in [0.2, 0.25) is 5.02 Å². The average Bonchev–Trinajstić information content (AvgIpc) is 2.88. The van der Waals surface area contributed by atoms with Gasteiger partial charge in [-0.15, -0.1) is 0 Å². The molecule has 0 saturated heterocycles. The minimum absolute atomic E-state index is 0.0951. The first-order valence-corrected chi connectivity index (χ1v) is 12.3. The predicted octanol–water partition coefficient (Wildman–Crippen LogP) is 5.35. The van der Waals surface area contributed by atoms with Crippen molar-refractivity contribution >= 4 is 29.1 Å². The molecule has 1 atom stereocenters. The Labute approximate surface area is 216 Å². The molecule has 7 nitrogen and oxygen atoms in total. The molecule has 0 spiro atoms. The molecule has 0 aliphatic heterocycles. The molecule has 0 radical (unpaired) electrons. The minimum atomic E-state index is -0.823. The highest BCUT2D eigenvalue weighted by Crippen LogP contribution is 2.23. The van der Waals surface area contributed by atoms with Gasteiger partial charge in [0.05, 0.1) is 11.3 Å². The number of para-hydroxylation sites is 1. The maximum absolute atomic E-state index is 13.7. The second kappa shape index (κ2) is 13.4. The lowest BCUT2D eigenvalue weighted by atomic mass is 10.0. The van der Waals surface area contributed by atoms with Crippen molar-refractivity contribution in [3.8, 4) is 0 Å². The van der Waals surface area contributed by atoms with Crippen molar-refractivity contribution in [1.29, 1.82) is 0 Å². The largest absolute Gasteiger partial charge is 0.354 e. The summed E-state index contributed by atoms with van der Waals surface area (Å²) >= 11 is 6.42. The van der Waals surface area contributed by atoms with Crippen molar-refractivity contribution in [3.63, 3.8) is 0 Å². The summed E-state index contributed by atoms with van der Waals surface area (Å²) in [6.45, 7) is 2.63. The van der Waals surface area contributed by atoms with Crippen molar-refractivity contribution in [2.24, 2.45) is 0 Å². The second-order valence-electron chi connectivity index (χ2n) is 8.53. The van der Waals surface area contributed by atoms with Gasteiger partial charge < -0.3 is 10.2 Å². The summed E-state index contributed by atoms with van der Waals surface area (Å²) in [4.78, 5) is 39.7. The van der Waals surface area contributed by atoms with E-state index in [9.17, 15) is 19.7 Å². The van der Waals surface area contributed by atoms with E-state index >= 15 is 0 Å². The Kier molecular flexibility index (Phi) is 10.0. The third-order valence-corrected chi connectivity index (χ3v) is 6.30. The Morgan fingerprint density at radius 3 is 2.28 bits per heavy atom. The molecule has 8 heteroatoms. The summed E-state index contributed by atoms with van der Waals surface area (Å²) in [5, 5.41) is 15.0. The molecule has 0 aliphatic carbocycles. The molecule has 3 aromatic carbocycles. The minimum Gasteiger partial charge on any atom is -0.354 e. The fourth-order valence-electron chi connectivity index (χ4n) is 3.97. The number of nitro benzene ring substituents is 1. The number of benzene rings is 3. The first-order chi connectivity index (χ1) is 17.4. The molecular formula is C28H30ClN3O4. The van der Waals surface area contributed by atoms with Crippen molar-refractivity contribution < 1.29 is 14.5 Å². The van der Waals surface area contributed by atoms with Crippen molar-refractivity contribution in [3.05, 3.63) is 111 Å². The van der Waals surface area contributed by atoms with E-state index in [1.54, 1.807) is 30.3 Å². The highest BCUT2D eigenvalue weighted by molar-refractivity contribution is 6.31. The lowest BCUT2D eigenvalue weighted by Crippen LogP contribution is -2.51. The van der Waals surface area contributed by atoms with Gasteiger partial charge >= 0.3 is 0 Å². The van der Waals surface area contributed by atoms with E-state index < -0.39 is 16.9 Å². The van der Waals surface area contributed by atoms with E-state index in [0.717, 1.165) is 18.4 Å². The number of nitro groups is 1. The summed E-state index contributed by atoms with van der Waals surface area (Å²) < 4.78 is 0. The van der Waals surface area contributed by atoms with Crippen molar-refractivity contribution in [2.75, 3.05) is 6.54 Å². The molecular weight excluding hydrogens is 478 g/mol. The Bertz CT molecular complexity index is 1190. The SMILES string of the molecule is CCCCNC(=O)[C@H](Cc1ccccc1)N(Cc1ccccc1Cl)C(=O)Cc1ccccc1[N+](=O)[O-]. The molecule has 0 heterocycles. The summed E-state index contributed by atoms with van der Waals surface area (Å²) in [6.07, 6.45) is 1.82. The zero-order valence-electron chi connectivity index (χ0n) is 20.2. The fourth-order valence-corrected chi connectivity index (χ4v) is 4.17. The van der Waals surface area contributed by atoms with Crippen LogP contribution in [0.3, 0.4) is 0 Å². The van der Waals surface area contributed by atoms with Gasteiger partial charge in [-0.3, -0.25) is 19.7 Å². The van der Waals surface area contributed by atoms with Crippen LogP contribution in [-0.4, -0.2) is 34.2 Å². The number of carbonyl (C=O) groups is 2. The molecule has 3 rings (SSSR count).